The Balaban J connectivity index is 1.55. The molecule has 0 atom stereocenters. The lowest BCUT2D eigenvalue weighted by Gasteiger charge is -2.22. The lowest BCUT2D eigenvalue weighted by atomic mass is 9.96. The smallest absolute Gasteiger partial charge is 0.258 e. The average Bonchev–Trinajstić information content (AvgIpc) is 3.34. The number of aromatic nitrogens is 1. The number of hydrogen-bond donors (Lipinski definition) is 1. The van der Waals surface area contributed by atoms with E-state index in [-0.39, 0.29) is 11.5 Å². The Labute approximate surface area is 224 Å². The lowest BCUT2D eigenvalue weighted by molar-refractivity contribution is -0.127. The van der Waals surface area contributed by atoms with E-state index in [0.29, 0.717) is 17.8 Å². The molecule has 2 aromatic carbocycles. The number of fused-ring (bicyclic) bond motifs is 4. The molecule has 6 nitrogen and oxygen atoms in total. The fourth-order valence-corrected chi connectivity index (χ4v) is 5.97. The summed E-state index contributed by atoms with van der Waals surface area (Å²) in [5.74, 6) is 0.488. The van der Waals surface area contributed by atoms with Gasteiger partial charge in [0, 0.05) is 48.3 Å². The van der Waals surface area contributed by atoms with Crippen LogP contribution < -0.4 is 11.3 Å². The summed E-state index contributed by atoms with van der Waals surface area (Å²) in [6.45, 7) is 8.55. The van der Waals surface area contributed by atoms with Crippen LogP contribution in [-0.2, 0) is 24.2 Å². The molecule has 0 spiro atoms. The second kappa shape index (κ2) is 11.0. The topological polar surface area (TPSA) is 80.7 Å². The number of nitrogens with two attached hydrogens (primary N) is 1. The molecule has 0 bridgehead atoms. The zero-order valence-corrected chi connectivity index (χ0v) is 22.8. The van der Waals surface area contributed by atoms with Crippen molar-refractivity contribution in [2.24, 2.45) is 10.7 Å². The quantitative estimate of drug-likeness (QED) is 0.404. The van der Waals surface area contributed by atoms with Crippen molar-refractivity contribution < 1.29 is 4.79 Å². The molecule has 38 heavy (non-hydrogen) atoms. The van der Waals surface area contributed by atoms with E-state index in [1.165, 1.54) is 11.3 Å². The van der Waals surface area contributed by atoms with Gasteiger partial charge in [0.15, 0.2) is 0 Å². The van der Waals surface area contributed by atoms with Crippen LogP contribution in [0, 0.1) is 0 Å². The molecule has 0 saturated heterocycles. The van der Waals surface area contributed by atoms with Crippen LogP contribution >= 0.6 is 0 Å². The first-order valence-corrected chi connectivity index (χ1v) is 14.1. The predicted molar refractivity (Wildman–Crippen MR) is 157 cm³/mol. The molecule has 2 heterocycles. The second-order valence-corrected chi connectivity index (χ2v) is 10.5. The van der Waals surface area contributed by atoms with Gasteiger partial charge in [-0.05, 0) is 84.9 Å². The van der Waals surface area contributed by atoms with Crippen molar-refractivity contribution in [3.05, 3.63) is 69.1 Å². The Morgan fingerprint density at radius 2 is 1.71 bits per heavy atom. The number of amidine groups is 1. The molecule has 0 fully saturated rings. The molecule has 1 aliphatic carbocycles. The standard InChI is InChI=1S/C32H38N4O2/c1-4-14-35(15-5-2)31(37)24-17-23-11-10-22(19-28(23)34-30(33)20-24)21-12-13-26-27(18-21)25-8-7-9-29(25)36(16-6-3)32(26)38/h10-13,17-19H,4-9,14-16,20H2,1-3H3,(H2,33,34). The Morgan fingerprint density at radius 3 is 2.45 bits per heavy atom. The highest BCUT2D eigenvalue weighted by atomic mass is 16.2. The van der Waals surface area contributed by atoms with Gasteiger partial charge in [0.2, 0.25) is 5.91 Å². The van der Waals surface area contributed by atoms with Gasteiger partial charge in [-0.25, -0.2) is 4.99 Å². The minimum Gasteiger partial charge on any atom is -0.387 e. The van der Waals surface area contributed by atoms with Crippen molar-refractivity contribution in [1.29, 1.82) is 0 Å². The molecule has 6 heteroatoms. The molecule has 1 aromatic heterocycles. The van der Waals surface area contributed by atoms with Crippen LogP contribution in [0.2, 0.25) is 0 Å². The predicted octanol–water partition coefficient (Wildman–Crippen LogP) is 5.99. The molecular weight excluding hydrogens is 472 g/mol. The van der Waals surface area contributed by atoms with Crippen molar-refractivity contribution in [1.82, 2.24) is 9.47 Å². The average molecular weight is 511 g/mol. The SMILES string of the molecule is CCCN(CCC)C(=O)C1=Cc2ccc(-c3ccc4c(=O)n(CCC)c5c(c4c3)CCC5)cc2N=C(N)C1. The molecule has 0 radical (unpaired) electrons. The number of carbonyl (C=O) groups excluding carboxylic acids is 1. The van der Waals surface area contributed by atoms with Crippen LogP contribution in [0.3, 0.4) is 0 Å². The molecule has 0 unspecified atom stereocenters. The fraction of sp³-hybridized carbons (Fsp3) is 0.406. The van der Waals surface area contributed by atoms with Crippen LogP contribution in [0.25, 0.3) is 28.0 Å². The van der Waals surface area contributed by atoms with Gasteiger partial charge in [-0.3, -0.25) is 9.59 Å². The van der Waals surface area contributed by atoms with Gasteiger partial charge in [-0.1, -0.05) is 39.0 Å². The van der Waals surface area contributed by atoms with E-state index < -0.39 is 0 Å². The summed E-state index contributed by atoms with van der Waals surface area (Å²) in [4.78, 5) is 33.2. The van der Waals surface area contributed by atoms with Crippen LogP contribution in [0.1, 0.15) is 69.7 Å². The molecule has 0 saturated carbocycles. The molecule has 5 rings (SSSR count). The van der Waals surface area contributed by atoms with Gasteiger partial charge >= 0.3 is 0 Å². The van der Waals surface area contributed by atoms with Gasteiger partial charge in [0.05, 0.1) is 5.69 Å². The number of hydrogen-bond acceptors (Lipinski definition) is 4. The van der Waals surface area contributed by atoms with Gasteiger partial charge in [0.1, 0.15) is 5.84 Å². The van der Waals surface area contributed by atoms with E-state index in [1.807, 2.05) is 39.8 Å². The van der Waals surface area contributed by atoms with Crippen LogP contribution in [0.4, 0.5) is 5.69 Å². The Bertz CT molecular complexity index is 1510. The molecule has 1 amide bonds. The van der Waals surface area contributed by atoms with Gasteiger partial charge < -0.3 is 15.2 Å². The van der Waals surface area contributed by atoms with Gasteiger partial charge in [0.25, 0.3) is 5.56 Å². The highest BCUT2D eigenvalue weighted by Crippen LogP contribution is 2.35. The molecule has 198 valence electrons. The maximum Gasteiger partial charge on any atom is 0.258 e. The van der Waals surface area contributed by atoms with Gasteiger partial charge in [-0.2, -0.15) is 0 Å². The largest absolute Gasteiger partial charge is 0.387 e. The number of benzene rings is 2. The first-order chi connectivity index (χ1) is 18.4. The highest BCUT2D eigenvalue weighted by Gasteiger charge is 2.23. The third-order valence-electron chi connectivity index (χ3n) is 7.66. The number of amides is 1. The highest BCUT2D eigenvalue weighted by molar-refractivity contribution is 6.05. The lowest BCUT2D eigenvalue weighted by Crippen LogP contribution is -2.34. The maximum absolute atomic E-state index is 13.3. The van der Waals surface area contributed by atoms with E-state index >= 15 is 0 Å². The van der Waals surface area contributed by atoms with Gasteiger partial charge in [-0.15, -0.1) is 0 Å². The van der Waals surface area contributed by atoms with E-state index in [9.17, 15) is 9.59 Å². The summed E-state index contributed by atoms with van der Waals surface area (Å²) in [6, 6.07) is 12.3. The van der Waals surface area contributed by atoms with Crippen LogP contribution in [-0.4, -0.2) is 34.3 Å². The van der Waals surface area contributed by atoms with E-state index in [0.717, 1.165) is 91.3 Å². The molecule has 2 aliphatic rings. The fourth-order valence-electron chi connectivity index (χ4n) is 5.97. The van der Waals surface area contributed by atoms with Crippen molar-refractivity contribution in [3.63, 3.8) is 0 Å². The Kier molecular flexibility index (Phi) is 7.50. The number of carbonyl (C=O) groups is 1. The van der Waals surface area contributed by atoms with E-state index in [2.05, 4.69) is 32.9 Å². The zero-order chi connectivity index (χ0) is 26.8. The maximum atomic E-state index is 13.3. The molecule has 2 N–H and O–H groups in total. The minimum absolute atomic E-state index is 0.0425. The summed E-state index contributed by atoms with van der Waals surface area (Å²) < 4.78 is 2.00. The van der Waals surface area contributed by atoms with E-state index in [4.69, 9.17) is 10.7 Å². The third-order valence-corrected chi connectivity index (χ3v) is 7.66. The van der Waals surface area contributed by atoms with Crippen molar-refractivity contribution in [2.75, 3.05) is 13.1 Å². The number of aryl methyl sites for hydroxylation is 1. The second-order valence-electron chi connectivity index (χ2n) is 10.5. The number of rotatable bonds is 8. The summed E-state index contributed by atoms with van der Waals surface area (Å²) in [5.41, 5.74) is 13.4. The summed E-state index contributed by atoms with van der Waals surface area (Å²) in [5, 5.41) is 1.87. The van der Waals surface area contributed by atoms with Crippen molar-refractivity contribution >= 4 is 34.3 Å². The number of pyridine rings is 1. The minimum atomic E-state index is 0.0425. The third kappa shape index (κ3) is 4.80. The van der Waals surface area contributed by atoms with Crippen LogP contribution in [0.15, 0.2) is 51.8 Å². The zero-order valence-electron chi connectivity index (χ0n) is 22.8. The normalized spacial score (nSPS) is 14.5. The Hall–Kier alpha value is -3.67. The number of aliphatic imine (C=N–C) groups is 1. The first kappa shape index (κ1) is 26.0. The van der Waals surface area contributed by atoms with Crippen LogP contribution in [0.5, 0.6) is 0 Å². The summed E-state index contributed by atoms with van der Waals surface area (Å²) >= 11 is 0. The van der Waals surface area contributed by atoms with Crippen molar-refractivity contribution in [3.8, 4) is 11.1 Å². The molecule has 1 aliphatic heterocycles. The molecule has 3 aromatic rings. The number of nitrogens with zero attached hydrogens (tertiary/aromatic N) is 3. The van der Waals surface area contributed by atoms with Crippen molar-refractivity contribution in [2.45, 2.75) is 72.3 Å². The van der Waals surface area contributed by atoms with E-state index in [1.54, 1.807) is 0 Å². The first-order valence-electron chi connectivity index (χ1n) is 14.1. The monoisotopic (exact) mass is 510 g/mol. The Morgan fingerprint density at radius 1 is 0.974 bits per heavy atom. The summed E-state index contributed by atoms with van der Waals surface area (Å²) in [6.07, 6.45) is 8.17. The molecular formula is C32H38N4O2. The summed E-state index contributed by atoms with van der Waals surface area (Å²) in [7, 11) is 0.